The molecule has 0 aromatic heterocycles. The zero-order chi connectivity index (χ0) is 17.1. The van der Waals surface area contributed by atoms with Crippen LogP contribution in [-0.4, -0.2) is 22.3 Å². The molecule has 3 aliphatic carbocycles. The Morgan fingerprint density at radius 1 is 1.30 bits per heavy atom. The maximum Gasteiger partial charge on any atom is 0.194 e. The Hall–Kier alpha value is -1.74. The molecule has 0 saturated heterocycles. The molecule has 1 saturated carbocycles. The molecule has 0 radical (unpaired) electrons. The molecule has 1 N–H and O–H groups in total. The number of rotatable bonds is 1. The molecule has 0 heterocycles. The average molecular weight is 312 g/mol. The number of carbonyl (C=O) groups is 2. The van der Waals surface area contributed by atoms with E-state index in [1.54, 1.807) is 13.8 Å². The SMILES string of the molecule is C=C(C)C1CCC(=C)C2C1C=C(C)C(=O)C1(O)C=C(C)C(=O)C21. The lowest BCUT2D eigenvalue weighted by Gasteiger charge is -2.42. The molecule has 0 amide bonds. The van der Waals surface area contributed by atoms with Crippen LogP contribution in [0.3, 0.4) is 0 Å². The smallest absolute Gasteiger partial charge is 0.194 e. The third kappa shape index (κ3) is 2.13. The van der Waals surface area contributed by atoms with Crippen LogP contribution in [0.15, 0.2) is 47.6 Å². The highest BCUT2D eigenvalue weighted by Gasteiger charge is 2.58. The van der Waals surface area contributed by atoms with E-state index in [1.807, 2.05) is 13.0 Å². The molecule has 5 unspecified atom stereocenters. The number of carbonyl (C=O) groups excluding carboxylic acids is 2. The molecule has 0 aromatic carbocycles. The van der Waals surface area contributed by atoms with Gasteiger partial charge in [0.05, 0.1) is 5.92 Å². The van der Waals surface area contributed by atoms with Crippen LogP contribution in [0.4, 0.5) is 0 Å². The molecule has 0 bridgehead atoms. The molecule has 5 atom stereocenters. The van der Waals surface area contributed by atoms with Gasteiger partial charge in [-0.2, -0.15) is 0 Å². The first-order valence-electron chi connectivity index (χ1n) is 8.20. The average Bonchev–Trinajstić information content (AvgIpc) is 2.65. The first-order valence-corrected chi connectivity index (χ1v) is 8.20. The second-order valence-electron chi connectivity index (χ2n) is 7.43. The van der Waals surface area contributed by atoms with Crippen LogP contribution in [-0.2, 0) is 9.59 Å². The molecule has 23 heavy (non-hydrogen) atoms. The fourth-order valence-electron chi connectivity index (χ4n) is 4.74. The van der Waals surface area contributed by atoms with Crippen molar-refractivity contribution in [1.82, 2.24) is 0 Å². The maximum absolute atomic E-state index is 12.8. The summed E-state index contributed by atoms with van der Waals surface area (Å²) in [5.41, 5.74) is 1.31. The molecule has 3 rings (SSSR count). The minimum Gasteiger partial charge on any atom is -0.377 e. The summed E-state index contributed by atoms with van der Waals surface area (Å²) in [6, 6.07) is 0. The Bertz CT molecular complexity index is 694. The molecule has 122 valence electrons. The number of aliphatic hydroxyl groups is 1. The minimum absolute atomic E-state index is 0.0000231. The van der Waals surface area contributed by atoms with Crippen molar-refractivity contribution in [2.45, 2.75) is 39.2 Å². The van der Waals surface area contributed by atoms with Gasteiger partial charge in [-0.25, -0.2) is 0 Å². The Kier molecular flexibility index (Phi) is 3.60. The molecular weight excluding hydrogens is 288 g/mol. The summed E-state index contributed by atoms with van der Waals surface area (Å²) in [7, 11) is 0. The van der Waals surface area contributed by atoms with E-state index in [9.17, 15) is 14.7 Å². The third-order valence-corrected chi connectivity index (χ3v) is 5.87. The lowest BCUT2D eigenvalue weighted by atomic mass is 9.61. The Morgan fingerprint density at radius 2 is 1.96 bits per heavy atom. The predicted molar refractivity (Wildman–Crippen MR) is 89.6 cm³/mol. The number of ketones is 2. The summed E-state index contributed by atoms with van der Waals surface area (Å²) < 4.78 is 0. The first kappa shape index (κ1) is 16.1. The zero-order valence-corrected chi connectivity index (χ0v) is 14.1. The van der Waals surface area contributed by atoms with Gasteiger partial charge < -0.3 is 5.11 Å². The van der Waals surface area contributed by atoms with E-state index in [2.05, 4.69) is 13.2 Å². The van der Waals surface area contributed by atoms with Crippen LogP contribution in [0.5, 0.6) is 0 Å². The summed E-state index contributed by atoms with van der Waals surface area (Å²) in [5, 5.41) is 11.1. The molecule has 0 aliphatic heterocycles. The highest BCUT2D eigenvalue weighted by atomic mass is 16.3. The Morgan fingerprint density at radius 3 is 2.57 bits per heavy atom. The van der Waals surface area contributed by atoms with Gasteiger partial charge >= 0.3 is 0 Å². The van der Waals surface area contributed by atoms with E-state index in [-0.39, 0.29) is 29.3 Å². The summed E-state index contributed by atoms with van der Waals surface area (Å²) in [6.45, 7) is 13.7. The molecule has 0 aromatic rings. The lowest BCUT2D eigenvalue weighted by Crippen LogP contribution is -2.49. The number of Topliss-reactive ketones (excluding diaryl/α,β-unsaturated/α-hetero) is 2. The third-order valence-electron chi connectivity index (χ3n) is 5.87. The van der Waals surface area contributed by atoms with Crippen LogP contribution in [0.25, 0.3) is 0 Å². The van der Waals surface area contributed by atoms with Crippen molar-refractivity contribution in [3.05, 3.63) is 47.6 Å². The summed E-state index contributed by atoms with van der Waals surface area (Å²) >= 11 is 0. The largest absolute Gasteiger partial charge is 0.377 e. The van der Waals surface area contributed by atoms with Gasteiger partial charge in [-0.05, 0) is 68.6 Å². The van der Waals surface area contributed by atoms with Crippen molar-refractivity contribution >= 4 is 11.6 Å². The van der Waals surface area contributed by atoms with Crippen LogP contribution in [0.2, 0.25) is 0 Å². The van der Waals surface area contributed by atoms with E-state index < -0.39 is 11.5 Å². The van der Waals surface area contributed by atoms with Crippen LogP contribution in [0.1, 0.15) is 33.6 Å². The van der Waals surface area contributed by atoms with Gasteiger partial charge in [0.25, 0.3) is 0 Å². The molecule has 3 nitrogen and oxygen atoms in total. The molecule has 1 fully saturated rings. The van der Waals surface area contributed by atoms with E-state index >= 15 is 0 Å². The Labute approximate surface area is 137 Å². The first-order chi connectivity index (χ1) is 10.7. The number of fused-ring (bicyclic) bond motifs is 3. The van der Waals surface area contributed by atoms with Crippen molar-refractivity contribution in [2.24, 2.45) is 23.7 Å². The van der Waals surface area contributed by atoms with E-state index in [0.29, 0.717) is 11.1 Å². The van der Waals surface area contributed by atoms with Crippen LogP contribution >= 0.6 is 0 Å². The molecule has 3 heteroatoms. The normalized spacial score (nSPS) is 40.1. The van der Waals surface area contributed by atoms with Gasteiger partial charge in [-0.1, -0.05) is 30.4 Å². The topological polar surface area (TPSA) is 54.4 Å². The standard InChI is InChI=1S/C20H24O3/c1-10(2)14-7-6-11(3)16-15(14)8-12(4)19(22)20(23)9-13(5)18(21)17(16)20/h8-9,14-17,23H,1,3,6-7H2,2,4-5H3. The quantitative estimate of drug-likeness (QED) is 0.757. The maximum atomic E-state index is 12.8. The molecule has 0 spiro atoms. The lowest BCUT2D eigenvalue weighted by molar-refractivity contribution is -0.140. The fraction of sp³-hybridized carbons (Fsp3) is 0.500. The van der Waals surface area contributed by atoms with E-state index in [0.717, 1.165) is 24.0 Å². The Balaban J connectivity index is 2.21. The van der Waals surface area contributed by atoms with Crippen molar-refractivity contribution in [1.29, 1.82) is 0 Å². The monoisotopic (exact) mass is 312 g/mol. The number of hydrogen-bond acceptors (Lipinski definition) is 3. The van der Waals surface area contributed by atoms with Gasteiger partial charge in [0, 0.05) is 0 Å². The summed E-state index contributed by atoms with van der Waals surface area (Å²) in [4.78, 5) is 25.6. The van der Waals surface area contributed by atoms with Crippen LogP contribution in [0, 0.1) is 23.7 Å². The second-order valence-corrected chi connectivity index (χ2v) is 7.43. The van der Waals surface area contributed by atoms with Crippen molar-refractivity contribution in [2.75, 3.05) is 0 Å². The van der Waals surface area contributed by atoms with Gasteiger partial charge in [-0.3, -0.25) is 9.59 Å². The highest BCUT2D eigenvalue weighted by Crippen LogP contribution is 2.53. The highest BCUT2D eigenvalue weighted by molar-refractivity contribution is 6.13. The van der Waals surface area contributed by atoms with Gasteiger partial charge in [0.1, 0.15) is 0 Å². The van der Waals surface area contributed by atoms with Crippen molar-refractivity contribution < 1.29 is 14.7 Å². The molecular formula is C20H24O3. The summed E-state index contributed by atoms with van der Waals surface area (Å²) in [5.74, 6) is -1.22. The predicted octanol–water partition coefficient (Wildman–Crippen LogP) is 3.17. The van der Waals surface area contributed by atoms with Gasteiger partial charge in [0.2, 0.25) is 0 Å². The van der Waals surface area contributed by atoms with Gasteiger partial charge in [-0.15, -0.1) is 0 Å². The van der Waals surface area contributed by atoms with Crippen molar-refractivity contribution in [3.63, 3.8) is 0 Å². The van der Waals surface area contributed by atoms with Crippen LogP contribution < -0.4 is 0 Å². The van der Waals surface area contributed by atoms with E-state index in [4.69, 9.17) is 0 Å². The summed E-state index contributed by atoms with van der Waals surface area (Å²) in [6.07, 6.45) is 5.14. The second kappa shape index (κ2) is 5.13. The fourth-order valence-corrected chi connectivity index (χ4v) is 4.74. The number of allylic oxidation sites excluding steroid dienone is 4. The minimum atomic E-state index is -1.72. The van der Waals surface area contributed by atoms with E-state index in [1.165, 1.54) is 6.08 Å². The molecule has 3 aliphatic rings. The van der Waals surface area contributed by atoms with Gasteiger partial charge in [0.15, 0.2) is 17.2 Å². The van der Waals surface area contributed by atoms with Crippen molar-refractivity contribution in [3.8, 4) is 0 Å². The zero-order valence-electron chi connectivity index (χ0n) is 14.1. The number of hydrogen-bond donors (Lipinski definition) is 1.